The average Bonchev–Trinajstić information content (AvgIpc) is 2.67. The molecule has 0 aromatic carbocycles. The summed E-state index contributed by atoms with van der Waals surface area (Å²) in [4.78, 5) is 0. The second kappa shape index (κ2) is 13.4. The van der Waals surface area contributed by atoms with Crippen LogP contribution in [0.25, 0.3) is 0 Å². The number of hydrogen-bond donors (Lipinski definition) is 0. The maximum atomic E-state index is 5.52. The quantitative estimate of drug-likeness (QED) is 0.368. The molecule has 25 heavy (non-hydrogen) atoms. The Morgan fingerprint density at radius 2 is 0.960 bits per heavy atom. The topological polar surface area (TPSA) is 55.4 Å². The Balaban J connectivity index is 4.57. The summed E-state index contributed by atoms with van der Waals surface area (Å²) in [5.74, 6) is 1.35. The van der Waals surface area contributed by atoms with E-state index < -0.39 is 17.6 Å². The third-order valence-electron chi connectivity index (χ3n) is 5.43. The molecule has 1 unspecified atom stereocenters. The van der Waals surface area contributed by atoms with E-state index in [1.165, 1.54) is 6.42 Å². The van der Waals surface area contributed by atoms with Gasteiger partial charge in [-0.2, -0.15) is 0 Å². The first-order chi connectivity index (χ1) is 11.9. The fourth-order valence-electron chi connectivity index (χ4n) is 3.32. The molecule has 0 spiro atoms. The van der Waals surface area contributed by atoms with Crippen LogP contribution in [0, 0.1) is 11.8 Å². The molecule has 8 heteroatoms. The van der Waals surface area contributed by atoms with Crippen molar-refractivity contribution < 1.29 is 26.6 Å². The fourth-order valence-corrected chi connectivity index (χ4v) is 6.82. The van der Waals surface area contributed by atoms with Crippen LogP contribution >= 0.6 is 0 Å². The summed E-state index contributed by atoms with van der Waals surface area (Å²) < 4.78 is 33.1. The molecule has 0 aromatic rings. The molecule has 0 rings (SSSR count). The van der Waals surface area contributed by atoms with Gasteiger partial charge in [0.15, 0.2) is 0 Å². The molecule has 0 amide bonds. The summed E-state index contributed by atoms with van der Waals surface area (Å²) in [6, 6.07) is 1.71. The molecular formula is C17H40O6Si2. The lowest BCUT2D eigenvalue weighted by Gasteiger charge is -2.28. The predicted octanol–water partition coefficient (Wildman–Crippen LogP) is 3.97. The van der Waals surface area contributed by atoms with E-state index in [0.29, 0.717) is 11.8 Å². The van der Waals surface area contributed by atoms with Gasteiger partial charge in [0.1, 0.15) is 0 Å². The van der Waals surface area contributed by atoms with Crippen molar-refractivity contribution in [2.45, 2.75) is 58.0 Å². The van der Waals surface area contributed by atoms with Crippen molar-refractivity contribution in [1.29, 1.82) is 0 Å². The molecule has 0 aliphatic rings. The molecule has 0 bridgehead atoms. The van der Waals surface area contributed by atoms with Crippen LogP contribution < -0.4 is 0 Å². The lowest BCUT2D eigenvalue weighted by Crippen LogP contribution is -2.43. The normalized spacial score (nSPS) is 14.3. The zero-order valence-corrected chi connectivity index (χ0v) is 19.6. The van der Waals surface area contributed by atoms with Crippen molar-refractivity contribution in [2.75, 3.05) is 42.7 Å². The van der Waals surface area contributed by atoms with Gasteiger partial charge in [0.25, 0.3) is 0 Å². The highest BCUT2D eigenvalue weighted by Crippen LogP contribution is 2.30. The zero-order valence-electron chi connectivity index (χ0n) is 17.6. The van der Waals surface area contributed by atoms with Crippen LogP contribution in [0.3, 0.4) is 0 Å². The van der Waals surface area contributed by atoms with Gasteiger partial charge in [0.2, 0.25) is 0 Å². The monoisotopic (exact) mass is 396 g/mol. The lowest BCUT2D eigenvalue weighted by atomic mass is 9.85. The maximum Gasteiger partial charge on any atom is 0.500 e. The first-order valence-corrected chi connectivity index (χ1v) is 13.1. The van der Waals surface area contributed by atoms with Crippen LogP contribution in [0.4, 0.5) is 0 Å². The fraction of sp³-hybridized carbons (Fsp3) is 1.00. The smallest absolute Gasteiger partial charge is 0.377 e. The molecule has 0 fully saturated rings. The minimum absolute atomic E-state index is 0.666. The molecule has 0 N–H and O–H groups in total. The molecule has 0 aromatic heterocycles. The summed E-state index contributed by atoms with van der Waals surface area (Å²) in [5, 5.41) is 0. The Labute approximate surface area is 157 Å². The molecule has 0 aliphatic carbocycles. The molecule has 0 saturated heterocycles. The highest BCUT2D eigenvalue weighted by molar-refractivity contribution is 6.60. The van der Waals surface area contributed by atoms with Crippen LogP contribution in [0.1, 0.15) is 46.0 Å². The van der Waals surface area contributed by atoms with Crippen LogP contribution in [-0.4, -0.2) is 60.3 Å². The van der Waals surface area contributed by atoms with Crippen molar-refractivity contribution in [3.05, 3.63) is 0 Å². The molecule has 152 valence electrons. The minimum Gasteiger partial charge on any atom is -0.377 e. The minimum atomic E-state index is -2.46. The summed E-state index contributed by atoms with van der Waals surface area (Å²) in [7, 11) is 5.14. The van der Waals surface area contributed by atoms with E-state index in [2.05, 4.69) is 13.8 Å². The van der Waals surface area contributed by atoms with Crippen molar-refractivity contribution in [2.24, 2.45) is 11.8 Å². The summed E-state index contributed by atoms with van der Waals surface area (Å²) in [5.41, 5.74) is 0. The van der Waals surface area contributed by atoms with E-state index in [9.17, 15) is 0 Å². The number of hydrogen-bond acceptors (Lipinski definition) is 6. The summed E-state index contributed by atoms with van der Waals surface area (Å²) in [6.07, 6.45) is 5.60. The van der Waals surface area contributed by atoms with E-state index in [1.807, 2.05) is 0 Å². The average molecular weight is 397 g/mol. The van der Waals surface area contributed by atoms with Gasteiger partial charge >= 0.3 is 17.6 Å². The summed E-state index contributed by atoms with van der Waals surface area (Å²) in [6.45, 7) is 4.60. The second-order valence-electron chi connectivity index (χ2n) is 6.52. The predicted molar refractivity (Wildman–Crippen MR) is 105 cm³/mol. The Bertz CT molecular complexity index is 282. The Kier molecular flexibility index (Phi) is 13.5. The second-order valence-corrected chi connectivity index (χ2v) is 12.7. The SMILES string of the molecule is CCC(C)C(CCC[Si](OC)(OC)OC)CCC[Si](OC)(OC)OC. The standard InChI is InChI=1S/C17H40O6Si2/c1-9-16(2)17(12-10-14-24(18-3,19-4)20-5)13-11-15-25(21-6,22-7)23-8/h16-17H,9-15H2,1-8H3. The first kappa shape index (κ1) is 25.2. The van der Waals surface area contributed by atoms with Crippen molar-refractivity contribution >= 4 is 17.6 Å². The highest BCUT2D eigenvalue weighted by Gasteiger charge is 2.38. The van der Waals surface area contributed by atoms with Gasteiger partial charge in [0.05, 0.1) is 0 Å². The van der Waals surface area contributed by atoms with Crippen LogP contribution in [0.5, 0.6) is 0 Å². The van der Waals surface area contributed by atoms with Gasteiger partial charge in [0, 0.05) is 54.7 Å². The van der Waals surface area contributed by atoms with E-state index >= 15 is 0 Å². The molecule has 0 radical (unpaired) electrons. The van der Waals surface area contributed by atoms with E-state index in [1.54, 1.807) is 42.7 Å². The van der Waals surface area contributed by atoms with Crippen LogP contribution in [0.2, 0.25) is 12.1 Å². The third-order valence-corrected chi connectivity index (χ3v) is 11.1. The van der Waals surface area contributed by atoms with E-state index in [-0.39, 0.29) is 0 Å². The van der Waals surface area contributed by atoms with Gasteiger partial charge in [-0.3, -0.25) is 0 Å². The van der Waals surface area contributed by atoms with Crippen molar-refractivity contribution in [3.63, 3.8) is 0 Å². The van der Waals surface area contributed by atoms with Gasteiger partial charge in [-0.25, -0.2) is 0 Å². The summed E-state index contributed by atoms with van der Waals surface area (Å²) >= 11 is 0. The number of rotatable bonds is 16. The molecule has 0 heterocycles. The maximum absolute atomic E-state index is 5.52. The van der Waals surface area contributed by atoms with Gasteiger partial charge in [-0.05, 0) is 24.7 Å². The Morgan fingerprint density at radius 3 is 1.20 bits per heavy atom. The lowest BCUT2D eigenvalue weighted by molar-refractivity contribution is 0.120. The zero-order chi connectivity index (χ0) is 19.3. The van der Waals surface area contributed by atoms with Gasteiger partial charge in [-0.1, -0.05) is 33.1 Å². The molecule has 6 nitrogen and oxygen atoms in total. The van der Waals surface area contributed by atoms with Crippen molar-refractivity contribution in [1.82, 2.24) is 0 Å². The van der Waals surface area contributed by atoms with Crippen molar-refractivity contribution in [3.8, 4) is 0 Å². The van der Waals surface area contributed by atoms with E-state index in [0.717, 1.165) is 37.8 Å². The van der Waals surface area contributed by atoms with Crippen LogP contribution in [-0.2, 0) is 26.6 Å². The van der Waals surface area contributed by atoms with Gasteiger partial charge < -0.3 is 26.6 Å². The Morgan fingerprint density at radius 1 is 0.640 bits per heavy atom. The molecule has 1 atom stereocenters. The van der Waals surface area contributed by atoms with E-state index in [4.69, 9.17) is 26.6 Å². The molecule has 0 saturated carbocycles. The highest BCUT2D eigenvalue weighted by atomic mass is 28.4. The van der Waals surface area contributed by atoms with Gasteiger partial charge in [-0.15, -0.1) is 0 Å². The van der Waals surface area contributed by atoms with Crippen LogP contribution in [0.15, 0.2) is 0 Å². The molecule has 0 aliphatic heterocycles. The molecular weight excluding hydrogens is 356 g/mol. The third kappa shape index (κ3) is 8.17. The largest absolute Gasteiger partial charge is 0.500 e. The Hall–Kier alpha value is 0.194. The first-order valence-electron chi connectivity index (χ1n) is 9.22.